The van der Waals surface area contributed by atoms with Crippen LogP contribution in [-0.2, 0) is 4.79 Å². The quantitative estimate of drug-likeness (QED) is 0.720. The molecule has 0 bridgehead atoms. The summed E-state index contributed by atoms with van der Waals surface area (Å²) in [5.41, 5.74) is 1.79. The molecule has 2 heteroatoms. The van der Waals surface area contributed by atoms with Gasteiger partial charge in [-0.2, -0.15) is 0 Å². The van der Waals surface area contributed by atoms with Gasteiger partial charge in [-0.1, -0.05) is 33.3 Å². The van der Waals surface area contributed by atoms with E-state index in [9.17, 15) is 9.90 Å². The van der Waals surface area contributed by atoms with Crippen LogP contribution in [-0.4, -0.2) is 17.0 Å². The summed E-state index contributed by atoms with van der Waals surface area (Å²) in [7, 11) is 0. The van der Waals surface area contributed by atoms with Gasteiger partial charge in [-0.15, -0.1) is 0 Å². The Balaban J connectivity index is 1.77. The van der Waals surface area contributed by atoms with Crippen LogP contribution < -0.4 is 0 Å². The molecule has 0 heterocycles. The Bertz CT molecular complexity index is 564. The maximum atomic E-state index is 12.1. The van der Waals surface area contributed by atoms with Crippen molar-refractivity contribution in [3.05, 3.63) is 11.6 Å². The normalized spacial score (nSPS) is 55.7. The Hall–Kier alpha value is -0.630. The van der Waals surface area contributed by atoms with E-state index in [0.717, 1.165) is 31.6 Å². The van der Waals surface area contributed by atoms with Gasteiger partial charge in [0.2, 0.25) is 0 Å². The first-order chi connectivity index (χ1) is 10.8. The number of carbonyl (C=O) groups is 1. The third-order valence-corrected chi connectivity index (χ3v) is 8.81. The molecule has 128 valence electrons. The zero-order valence-electron chi connectivity index (χ0n) is 15.1. The molecule has 23 heavy (non-hydrogen) atoms. The molecule has 3 unspecified atom stereocenters. The minimum absolute atomic E-state index is 0.101. The van der Waals surface area contributed by atoms with Gasteiger partial charge < -0.3 is 5.11 Å². The smallest absolute Gasteiger partial charge is 0.155 e. The van der Waals surface area contributed by atoms with Crippen LogP contribution in [0.25, 0.3) is 0 Å². The Morgan fingerprint density at radius 1 is 1.09 bits per heavy atom. The largest absolute Gasteiger partial charge is 0.393 e. The molecule has 0 aromatic rings. The van der Waals surface area contributed by atoms with Crippen molar-refractivity contribution >= 4 is 5.78 Å². The van der Waals surface area contributed by atoms with Gasteiger partial charge in [-0.05, 0) is 78.6 Å². The van der Waals surface area contributed by atoms with Crippen molar-refractivity contribution < 1.29 is 9.90 Å². The maximum Gasteiger partial charge on any atom is 0.155 e. The van der Waals surface area contributed by atoms with Crippen molar-refractivity contribution in [2.24, 2.45) is 40.4 Å². The summed E-state index contributed by atoms with van der Waals surface area (Å²) >= 11 is 0. The van der Waals surface area contributed by atoms with Gasteiger partial charge >= 0.3 is 0 Å². The lowest BCUT2D eigenvalue weighted by molar-refractivity contribution is -0.124. The molecule has 0 aromatic heterocycles. The molecule has 0 amide bonds. The summed E-state index contributed by atoms with van der Waals surface area (Å²) in [6, 6.07) is 0. The third kappa shape index (κ3) is 1.94. The molecule has 3 saturated carbocycles. The first kappa shape index (κ1) is 15.9. The van der Waals surface area contributed by atoms with E-state index in [-0.39, 0.29) is 16.9 Å². The van der Waals surface area contributed by atoms with Crippen molar-refractivity contribution in [1.82, 2.24) is 0 Å². The van der Waals surface area contributed by atoms with Crippen LogP contribution in [0.2, 0.25) is 0 Å². The zero-order chi connectivity index (χ0) is 16.6. The fraction of sp³-hybridized carbons (Fsp3) is 0.857. The molecular weight excluding hydrogens is 284 g/mol. The standard InChI is InChI=1S/C21H32O2/c1-12-9-14-11-15(22)10-13(2)21(14,4)17-7-8-20(3)16(19(12)17)5-6-18(20)23/h11-13,16-19,23H,5-10H2,1-4H3/t12?,13?,16-,17-,18?,19-,20-,21-/m0/s1. The van der Waals surface area contributed by atoms with Crippen LogP contribution in [0, 0.1) is 40.4 Å². The second-order valence-corrected chi connectivity index (χ2v) is 9.63. The van der Waals surface area contributed by atoms with Gasteiger partial charge in [0.1, 0.15) is 0 Å². The van der Waals surface area contributed by atoms with Crippen LogP contribution in [0.3, 0.4) is 0 Å². The highest BCUT2D eigenvalue weighted by Gasteiger charge is 2.61. The van der Waals surface area contributed by atoms with Crippen molar-refractivity contribution in [3.8, 4) is 0 Å². The highest BCUT2D eigenvalue weighted by molar-refractivity contribution is 5.92. The molecular formula is C21H32O2. The Kier molecular flexibility index (Phi) is 3.41. The second-order valence-electron chi connectivity index (χ2n) is 9.63. The van der Waals surface area contributed by atoms with Gasteiger partial charge in [0.15, 0.2) is 5.78 Å². The van der Waals surface area contributed by atoms with Crippen LogP contribution in [0.15, 0.2) is 11.6 Å². The summed E-state index contributed by atoms with van der Waals surface area (Å²) in [5, 5.41) is 10.6. The van der Waals surface area contributed by atoms with Gasteiger partial charge in [-0.25, -0.2) is 0 Å². The molecule has 0 aliphatic heterocycles. The average Bonchev–Trinajstić information content (AvgIpc) is 2.78. The van der Waals surface area contributed by atoms with E-state index >= 15 is 0 Å². The minimum Gasteiger partial charge on any atom is -0.393 e. The monoisotopic (exact) mass is 316 g/mol. The Labute approximate surface area is 140 Å². The van der Waals surface area contributed by atoms with Gasteiger partial charge in [0.05, 0.1) is 6.10 Å². The number of rotatable bonds is 0. The predicted molar refractivity (Wildman–Crippen MR) is 91.8 cm³/mol. The molecule has 4 aliphatic carbocycles. The third-order valence-electron chi connectivity index (χ3n) is 8.81. The van der Waals surface area contributed by atoms with E-state index in [4.69, 9.17) is 0 Å². The highest BCUT2D eigenvalue weighted by atomic mass is 16.3. The lowest BCUT2D eigenvalue weighted by atomic mass is 9.43. The SMILES string of the molecule is CC1CC2=CC(=O)CC(C)[C@]2(C)[C@H]2CC[C@]3(C)C(O)CC[C@H]3[C@H]12. The second kappa shape index (κ2) is 4.94. The fourth-order valence-corrected chi connectivity index (χ4v) is 7.26. The van der Waals surface area contributed by atoms with E-state index in [1.807, 2.05) is 6.08 Å². The summed E-state index contributed by atoms with van der Waals surface area (Å²) in [6.45, 7) is 9.50. The first-order valence-electron chi connectivity index (χ1n) is 9.70. The maximum absolute atomic E-state index is 12.1. The first-order valence-corrected chi connectivity index (χ1v) is 9.70. The average molecular weight is 316 g/mol. The number of hydrogen-bond acceptors (Lipinski definition) is 2. The van der Waals surface area contributed by atoms with Crippen LogP contribution in [0.5, 0.6) is 0 Å². The Morgan fingerprint density at radius 2 is 1.83 bits per heavy atom. The van der Waals surface area contributed by atoms with Gasteiger partial charge in [-0.3, -0.25) is 4.79 Å². The number of allylic oxidation sites excluding steroid dienone is 1. The summed E-state index contributed by atoms with van der Waals surface area (Å²) in [6.07, 6.45) is 8.30. The van der Waals surface area contributed by atoms with Crippen LogP contribution in [0.4, 0.5) is 0 Å². The lowest BCUT2D eigenvalue weighted by Gasteiger charge is -2.61. The molecule has 3 fully saturated rings. The topological polar surface area (TPSA) is 37.3 Å². The number of hydrogen-bond donors (Lipinski definition) is 1. The summed E-state index contributed by atoms with van der Waals surface area (Å²) in [5.74, 6) is 3.55. The van der Waals surface area contributed by atoms with Crippen molar-refractivity contribution in [2.75, 3.05) is 0 Å². The minimum atomic E-state index is -0.101. The van der Waals surface area contributed by atoms with Crippen molar-refractivity contribution in [3.63, 3.8) is 0 Å². The molecule has 4 aliphatic rings. The number of aliphatic hydroxyl groups excluding tert-OH is 1. The fourth-order valence-electron chi connectivity index (χ4n) is 7.26. The molecule has 0 radical (unpaired) electrons. The summed E-state index contributed by atoms with van der Waals surface area (Å²) < 4.78 is 0. The number of fused-ring (bicyclic) bond motifs is 5. The van der Waals surface area contributed by atoms with Crippen molar-refractivity contribution in [1.29, 1.82) is 0 Å². The Morgan fingerprint density at radius 3 is 2.57 bits per heavy atom. The molecule has 1 N–H and O–H groups in total. The molecule has 0 spiro atoms. The molecule has 2 nitrogen and oxygen atoms in total. The lowest BCUT2D eigenvalue weighted by Crippen LogP contribution is -2.55. The van der Waals surface area contributed by atoms with E-state index in [0.29, 0.717) is 29.5 Å². The molecule has 4 rings (SSSR count). The molecule has 8 atom stereocenters. The molecule has 0 aromatic carbocycles. The van der Waals surface area contributed by atoms with Crippen LogP contribution >= 0.6 is 0 Å². The number of aliphatic hydroxyl groups is 1. The van der Waals surface area contributed by atoms with Crippen molar-refractivity contribution in [2.45, 2.75) is 72.3 Å². The molecule has 0 saturated heterocycles. The van der Waals surface area contributed by atoms with E-state index in [1.165, 1.54) is 18.4 Å². The van der Waals surface area contributed by atoms with Crippen LogP contribution in [0.1, 0.15) is 66.2 Å². The van der Waals surface area contributed by atoms with E-state index in [1.54, 1.807) is 0 Å². The van der Waals surface area contributed by atoms with E-state index in [2.05, 4.69) is 27.7 Å². The van der Waals surface area contributed by atoms with Gasteiger partial charge in [0.25, 0.3) is 0 Å². The number of carbonyl (C=O) groups excluding carboxylic acids is 1. The summed E-state index contributed by atoms with van der Waals surface area (Å²) in [4.78, 5) is 12.1. The predicted octanol–water partition coefficient (Wildman–Crippen LogP) is 4.37. The zero-order valence-corrected chi connectivity index (χ0v) is 15.1. The number of ketones is 1. The van der Waals surface area contributed by atoms with Gasteiger partial charge in [0, 0.05) is 6.42 Å². The highest BCUT2D eigenvalue weighted by Crippen LogP contribution is 2.67. The van der Waals surface area contributed by atoms with E-state index < -0.39 is 0 Å².